The van der Waals surface area contributed by atoms with Gasteiger partial charge in [0.25, 0.3) is 0 Å². The first kappa shape index (κ1) is 16.3. The van der Waals surface area contributed by atoms with Gasteiger partial charge in [-0.3, -0.25) is 4.90 Å². The van der Waals surface area contributed by atoms with Gasteiger partial charge in [-0.15, -0.1) is 0 Å². The van der Waals surface area contributed by atoms with Gasteiger partial charge in [0.05, 0.1) is 18.8 Å². The van der Waals surface area contributed by atoms with E-state index in [2.05, 4.69) is 23.8 Å². The van der Waals surface area contributed by atoms with E-state index >= 15 is 0 Å². The molecule has 3 rings (SSSR count). The van der Waals surface area contributed by atoms with Crippen LogP contribution in [0.3, 0.4) is 0 Å². The zero-order valence-electron chi connectivity index (χ0n) is 14.6. The normalized spacial score (nSPS) is 19.5. The van der Waals surface area contributed by atoms with Gasteiger partial charge in [0.15, 0.2) is 0 Å². The SMILES string of the molecule is CCOC(=O)c1cc(C)c2c(c1)CN(C1CCCCC1)CN2C. The second kappa shape index (κ2) is 6.91. The minimum absolute atomic E-state index is 0.212. The highest BCUT2D eigenvalue weighted by molar-refractivity contribution is 5.91. The second-order valence-corrected chi connectivity index (χ2v) is 6.90. The lowest BCUT2D eigenvalue weighted by atomic mass is 9.92. The van der Waals surface area contributed by atoms with Crippen molar-refractivity contribution < 1.29 is 9.53 Å². The lowest BCUT2D eigenvalue weighted by Gasteiger charge is -2.42. The number of fused-ring (bicyclic) bond motifs is 1. The van der Waals surface area contributed by atoms with Gasteiger partial charge in [-0.2, -0.15) is 0 Å². The summed E-state index contributed by atoms with van der Waals surface area (Å²) in [7, 11) is 2.16. The molecular weight excluding hydrogens is 288 g/mol. The summed E-state index contributed by atoms with van der Waals surface area (Å²) in [6.45, 7) is 6.29. The molecular formula is C19H28N2O2. The van der Waals surface area contributed by atoms with Crippen LogP contribution >= 0.6 is 0 Å². The van der Waals surface area contributed by atoms with E-state index in [-0.39, 0.29) is 5.97 Å². The van der Waals surface area contributed by atoms with Crippen molar-refractivity contribution in [1.29, 1.82) is 0 Å². The van der Waals surface area contributed by atoms with Crippen LogP contribution in [0, 0.1) is 6.92 Å². The predicted molar refractivity (Wildman–Crippen MR) is 92.8 cm³/mol. The summed E-state index contributed by atoms with van der Waals surface area (Å²) < 4.78 is 5.18. The van der Waals surface area contributed by atoms with E-state index in [1.807, 2.05) is 19.1 Å². The standard InChI is InChI=1S/C19H28N2O2/c1-4-23-19(22)15-10-14(2)18-16(11-15)12-21(13-20(18)3)17-8-6-5-7-9-17/h10-11,17H,4-9,12-13H2,1-3H3. The highest BCUT2D eigenvalue weighted by Gasteiger charge is 2.28. The van der Waals surface area contributed by atoms with Crippen molar-refractivity contribution in [3.05, 3.63) is 28.8 Å². The first-order chi connectivity index (χ1) is 11.1. The molecule has 0 saturated heterocycles. The summed E-state index contributed by atoms with van der Waals surface area (Å²) in [5, 5.41) is 0. The van der Waals surface area contributed by atoms with Gasteiger partial charge in [-0.1, -0.05) is 19.3 Å². The van der Waals surface area contributed by atoms with Crippen LogP contribution in [-0.2, 0) is 11.3 Å². The second-order valence-electron chi connectivity index (χ2n) is 6.90. The number of benzene rings is 1. The van der Waals surface area contributed by atoms with Gasteiger partial charge in [0.2, 0.25) is 0 Å². The molecule has 2 aliphatic rings. The molecule has 4 heteroatoms. The largest absolute Gasteiger partial charge is 0.462 e. The molecule has 0 amide bonds. The number of aryl methyl sites for hydroxylation is 1. The Kier molecular flexibility index (Phi) is 4.90. The minimum atomic E-state index is -0.212. The molecule has 1 aromatic rings. The van der Waals surface area contributed by atoms with Gasteiger partial charge >= 0.3 is 5.97 Å². The van der Waals surface area contributed by atoms with Crippen molar-refractivity contribution in [2.45, 2.75) is 58.5 Å². The van der Waals surface area contributed by atoms with Crippen LogP contribution in [0.25, 0.3) is 0 Å². The lowest BCUT2D eigenvalue weighted by Crippen LogP contribution is -2.46. The lowest BCUT2D eigenvalue weighted by molar-refractivity contribution is 0.0526. The fourth-order valence-electron chi connectivity index (χ4n) is 4.15. The maximum Gasteiger partial charge on any atom is 0.338 e. The van der Waals surface area contributed by atoms with Crippen LogP contribution in [0.5, 0.6) is 0 Å². The van der Waals surface area contributed by atoms with E-state index in [1.54, 1.807) is 0 Å². The first-order valence-corrected chi connectivity index (χ1v) is 8.86. The van der Waals surface area contributed by atoms with Gasteiger partial charge in [0, 0.05) is 25.3 Å². The fraction of sp³-hybridized carbons (Fsp3) is 0.632. The summed E-state index contributed by atoms with van der Waals surface area (Å²) in [5.74, 6) is -0.212. The Hall–Kier alpha value is -1.55. The highest BCUT2D eigenvalue weighted by atomic mass is 16.5. The molecule has 0 aromatic heterocycles. The number of esters is 1. The topological polar surface area (TPSA) is 32.8 Å². The molecule has 23 heavy (non-hydrogen) atoms. The number of carbonyl (C=O) groups excluding carboxylic acids is 1. The summed E-state index contributed by atoms with van der Waals surface area (Å²) in [5.41, 5.74) is 4.39. The smallest absolute Gasteiger partial charge is 0.338 e. The van der Waals surface area contributed by atoms with Crippen molar-refractivity contribution in [1.82, 2.24) is 4.90 Å². The maximum absolute atomic E-state index is 12.1. The molecule has 1 aliphatic heterocycles. The van der Waals surface area contributed by atoms with Crippen LogP contribution in [-0.4, -0.2) is 37.2 Å². The third-order valence-corrected chi connectivity index (χ3v) is 5.13. The van der Waals surface area contributed by atoms with E-state index in [0.717, 1.165) is 18.8 Å². The zero-order valence-corrected chi connectivity index (χ0v) is 14.6. The van der Waals surface area contributed by atoms with Gasteiger partial charge in [-0.05, 0) is 49.9 Å². The Balaban J connectivity index is 1.87. The molecule has 1 saturated carbocycles. The molecule has 0 bridgehead atoms. The maximum atomic E-state index is 12.1. The van der Waals surface area contributed by atoms with E-state index in [0.29, 0.717) is 18.2 Å². The molecule has 0 unspecified atom stereocenters. The van der Waals surface area contributed by atoms with E-state index in [9.17, 15) is 4.79 Å². The number of anilines is 1. The van der Waals surface area contributed by atoms with E-state index in [4.69, 9.17) is 4.74 Å². The molecule has 0 radical (unpaired) electrons. The summed E-state index contributed by atoms with van der Waals surface area (Å²) >= 11 is 0. The number of ether oxygens (including phenoxy) is 1. The Bertz CT molecular complexity index is 579. The van der Waals surface area contributed by atoms with Crippen LogP contribution < -0.4 is 4.90 Å². The van der Waals surface area contributed by atoms with Crippen LogP contribution in [0.2, 0.25) is 0 Å². The molecule has 4 nitrogen and oxygen atoms in total. The predicted octanol–water partition coefficient (Wildman–Crippen LogP) is 3.71. The average molecular weight is 316 g/mol. The van der Waals surface area contributed by atoms with Crippen LogP contribution in [0.4, 0.5) is 5.69 Å². The highest BCUT2D eigenvalue weighted by Crippen LogP contribution is 2.34. The molecule has 0 N–H and O–H groups in total. The average Bonchev–Trinajstić information content (AvgIpc) is 2.55. The number of carbonyl (C=O) groups is 1. The Morgan fingerprint density at radius 3 is 2.70 bits per heavy atom. The molecule has 126 valence electrons. The Labute approximate surface area is 139 Å². The van der Waals surface area contributed by atoms with Crippen molar-refractivity contribution in [3.63, 3.8) is 0 Å². The van der Waals surface area contributed by atoms with Crippen molar-refractivity contribution in [3.8, 4) is 0 Å². The molecule has 1 aromatic carbocycles. The molecule has 1 aliphatic carbocycles. The van der Waals surface area contributed by atoms with Crippen molar-refractivity contribution in [2.75, 3.05) is 25.2 Å². The van der Waals surface area contributed by atoms with Crippen molar-refractivity contribution in [2.24, 2.45) is 0 Å². The molecule has 0 atom stereocenters. The van der Waals surface area contributed by atoms with Crippen LogP contribution in [0.15, 0.2) is 12.1 Å². The van der Waals surface area contributed by atoms with E-state index < -0.39 is 0 Å². The summed E-state index contributed by atoms with van der Waals surface area (Å²) in [4.78, 5) is 17.0. The Morgan fingerprint density at radius 2 is 2.00 bits per heavy atom. The molecule has 1 heterocycles. The third kappa shape index (κ3) is 3.37. The number of rotatable bonds is 3. The number of hydrogen-bond acceptors (Lipinski definition) is 4. The van der Waals surface area contributed by atoms with Gasteiger partial charge in [-0.25, -0.2) is 4.79 Å². The summed E-state index contributed by atoms with van der Waals surface area (Å²) in [6.07, 6.45) is 6.68. The quantitative estimate of drug-likeness (QED) is 0.796. The van der Waals surface area contributed by atoms with Gasteiger partial charge in [0.1, 0.15) is 0 Å². The monoisotopic (exact) mass is 316 g/mol. The zero-order chi connectivity index (χ0) is 16.4. The van der Waals surface area contributed by atoms with Gasteiger partial charge < -0.3 is 9.64 Å². The fourth-order valence-corrected chi connectivity index (χ4v) is 4.15. The first-order valence-electron chi connectivity index (χ1n) is 8.86. The molecule has 1 fully saturated rings. The number of nitrogens with zero attached hydrogens (tertiary/aromatic N) is 2. The third-order valence-electron chi connectivity index (χ3n) is 5.13. The van der Waals surface area contributed by atoms with E-state index in [1.165, 1.54) is 43.4 Å². The van der Waals surface area contributed by atoms with Crippen molar-refractivity contribution >= 4 is 11.7 Å². The molecule has 0 spiro atoms. The van der Waals surface area contributed by atoms with Crippen LogP contribution in [0.1, 0.15) is 60.5 Å². The number of hydrogen-bond donors (Lipinski definition) is 0. The minimum Gasteiger partial charge on any atom is -0.462 e. The Morgan fingerprint density at radius 1 is 1.26 bits per heavy atom. The summed E-state index contributed by atoms with van der Waals surface area (Å²) in [6, 6.07) is 4.68.